The van der Waals surface area contributed by atoms with Crippen molar-refractivity contribution in [3.05, 3.63) is 35.4 Å². The second-order valence-electron chi connectivity index (χ2n) is 6.83. The van der Waals surface area contributed by atoms with E-state index < -0.39 is 0 Å². The zero-order valence-corrected chi connectivity index (χ0v) is 14.2. The van der Waals surface area contributed by atoms with Gasteiger partial charge in [0.05, 0.1) is 12.1 Å². The van der Waals surface area contributed by atoms with Crippen LogP contribution in [0.1, 0.15) is 64.6 Å². The Hall–Kier alpha value is -0.860. The molecule has 0 amide bonds. The predicted octanol–water partition coefficient (Wildman–Crippen LogP) is 4.52. The average molecular weight is 277 g/mol. The topological polar surface area (TPSA) is 21.3 Å². The molecule has 2 nitrogen and oxygen atoms in total. The maximum Gasteiger partial charge on any atom is 0.0817 e. The molecule has 1 aromatic rings. The van der Waals surface area contributed by atoms with Crippen LogP contribution in [0.3, 0.4) is 0 Å². The summed E-state index contributed by atoms with van der Waals surface area (Å²) in [5, 5.41) is 3.43. The van der Waals surface area contributed by atoms with Crippen molar-refractivity contribution in [1.29, 1.82) is 0 Å². The molecule has 20 heavy (non-hydrogen) atoms. The Morgan fingerprint density at radius 3 is 1.90 bits per heavy atom. The molecule has 2 atom stereocenters. The molecule has 0 saturated carbocycles. The van der Waals surface area contributed by atoms with Crippen molar-refractivity contribution in [2.75, 3.05) is 13.7 Å². The van der Waals surface area contributed by atoms with Crippen molar-refractivity contribution in [2.24, 2.45) is 5.41 Å². The molecule has 0 spiro atoms. The molecule has 1 aromatic carbocycles. The Labute approximate surface area is 124 Å². The molecule has 0 saturated heterocycles. The van der Waals surface area contributed by atoms with Crippen LogP contribution in [0.15, 0.2) is 24.3 Å². The van der Waals surface area contributed by atoms with Crippen molar-refractivity contribution in [3.63, 3.8) is 0 Å². The van der Waals surface area contributed by atoms with Crippen LogP contribution in [-0.2, 0) is 4.74 Å². The molecule has 2 unspecified atom stereocenters. The largest absolute Gasteiger partial charge is 0.376 e. The molecular weight excluding hydrogens is 246 g/mol. The van der Waals surface area contributed by atoms with Crippen molar-refractivity contribution >= 4 is 0 Å². The van der Waals surface area contributed by atoms with Gasteiger partial charge in [0, 0.05) is 6.61 Å². The van der Waals surface area contributed by atoms with Crippen molar-refractivity contribution in [2.45, 2.75) is 59.6 Å². The van der Waals surface area contributed by atoms with E-state index in [-0.39, 0.29) is 17.6 Å². The molecule has 0 aliphatic carbocycles. The maximum atomic E-state index is 6.03. The van der Waals surface area contributed by atoms with Crippen molar-refractivity contribution < 1.29 is 4.74 Å². The zero-order chi connectivity index (χ0) is 15.3. The SMILES string of the molecule is CCOC(C(NC)c1ccc(C(C)C)cc1)C(C)(C)C. The van der Waals surface area contributed by atoms with Crippen LogP contribution in [0.4, 0.5) is 0 Å². The molecule has 0 bridgehead atoms. The highest BCUT2D eigenvalue weighted by molar-refractivity contribution is 5.28. The molecule has 0 radical (unpaired) electrons. The Morgan fingerprint density at radius 1 is 1.05 bits per heavy atom. The summed E-state index contributed by atoms with van der Waals surface area (Å²) < 4.78 is 6.03. The lowest BCUT2D eigenvalue weighted by Gasteiger charge is -2.37. The minimum Gasteiger partial charge on any atom is -0.376 e. The first kappa shape index (κ1) is 17.2. The third-order valence-corrected chi connectivity index (χ3v) is 3.78. The van der Waals surface area contributed by atoms with Crippen LogP contribution in [0.2, 0.25) is 0 Å². The van der Waals surface area contributed by atoms with E-state index in [1.807, 2.05) is 7.05 Å². The summed E-state index contributed by atoms with van der Waals surface area (Å²) in [4.78, 5) is 0. The van der Waals surface area contributed by atoms with Gasteiger partial charge in [-0.1, -0.05) is 58.9 Å². The summed E-state index contributed by atoms with van der Waals surface area (Å²) in [6.07, 6.45) is 0.155. The predicted molar refractivity (Wildman–Crippen MR) is 87.2 cm³/mol. The molecule has 2 heteroatoms. The fourth-order valence-electron chi connectivity index (χ4n) is 2.61. The normalized spacial score (nSPS) is 15.4. The van der Waals surface area contributed by atoms with Gasteiger partial charge >= 0.3 is 0 Å². The minimum atomic E-state index is 0.0976. The molecule has 1 N–H and O–H groups in total. The lowest BCUT2D eigenvalue weighted by atomic mass is 9.81. The van der Waals surface area contributed by atoms with E-state index in [9.17, 15) is 0 Å². The third-order valence-electron chi connectivity index (χ3n) is 3.78. The Morgan fingerprint density at radius 2 is 1.55 bits per heavy atom. The Bertz CT molecular complexity index is 389. The molecule has 114 valence electrons. The van der Waals surface area contributed by atoms with Crippen LogP contribution in [0, 0.1) is 5.41 Å². The standard InChI is InChI=1S/C18H31NO/c1-8-20-17(18(4,5)6)16(19-7)15-11-9-14(10-12-15)13(2)3/h9-13,16-17,19H,8H2,1-7H3. The van der Waals surface area contributed by atoms with Gasteiger partial charge in [0.15, 0.2) is 0 Å². The van der Waals surface area contributed by atoms with Crippen LogP contribution in [0.5, 0.6) is 0 Å². The van der Waals surface area contributed by atoms with Gasteiger partial charge < -0.3 is 10.1 Å². The molecular formula is C18H31NO. The van der Waals surface area contributed by atoms with E-state index in [2.05, 4.69) is 71.1 Å². The Kier molecular flexibility index (Phi) is 6.22. The zero-order valence-electron chi connectivity index (χ0n) is 14.2. The lowest BCUT2D eigenvalue weighted by molar-refractivity contribution is -0.0350. The van der Waals surface area contributed by atoms with E-state index in [4.69, 9.17) is 4.74 Å². The molecule has 1 rings (SSSR count). The van der Waals surface area contributed by atoms with Gasteiger partial charge in [0.25, 0.3) is 0 Å². The first-order chi connectivity index (χ1) is 9.31. The average Bonchev–Trinajstić information content (AvgIpc) is 2.38. The van der Waals surface area contributed by atoms with Gasteiger partial charge in [-0.05, 0) is 36.4 Å². The highest BCUT2D eigenvalue weighted by Crippen LogP contribution is 2.33. The van der Waals surface area contributed by atoms with Gasteiger partial charge in [-0.25, -0.2) is 0 Å². The molecule has 0 aromatic heterocycles. The summed E-state index contributed by atoms with van der Waals surface area (Å²) in [6.45, 7) is 14.0. The first-order valence-corrected chi connectivity index (χ1v) is 7.70. The first-order valence-electron chi connectivity index (χ1n) is 7.70. The van der Waals surface area contributed by atoms with Crippen molar-refractivity contribution in [1.82, 2.24) is 5.32 Å². The number of hydrogen-bond acceptors (Lipinski definition) is 2. The van der Waals surface area contributed by atoms with Gasteiger partial charge in [-0.3, -0.25) is 0 Å². The summed E-state index contributed by atoms with van der Waals surface area (Å²) in [6, 6.07) is 9.14. The van der Waals surface area contributed by atoms with Gasteiger partial charge in [0.1, 0.15) is 0 Å². The number of nitrogens with one attached hydrogen (secondary N) is 1. The summed E-state index contributed by atoms with van der Waals surface area (Å²) in [5.41, 5.74) is 2.78. The van der Waals surface area contributed by atoms with Gasteiger partial charge in [0.2, 0.25) is 0 Å². The van der Waals surface area contributed by atoms with Crippen molar-refractivity contribution in [3.8, 4) is 0 Å². The number of rotatable bonds is 6. The number of hydrogen-bond donors (Lipinski definition) is 1. The smallest absolute Gasteiger partial charge is 0.0817 e. The van der Waals surface area contributed by atoms with Crippen LogP contribution in [0.25, 0.3) is 0 Å². The number of likely N-dealkylation sites (N-methyl/N-ethyl adjacent to an activating group) is 1. The van der Waals surface area contributed by atoms with Crippen LogP contribution < -0.4 is 5.32 Å². The van der Waals surface area contributed by atoms with E-state index in [1.165, 1.54) is 11.1 Å². The van der Waals surface area contributed by atoms with E-state index >= 15 is 0 Å². The molecule has 0 aliphatic rings. The second kappa shape index (κ2) is 7.24. The summed E-state index contributed by atoms with van der Waals surface area (Å²) in [7, 11) is 2.01. The van der Waals surface area contributed by atoms with E-state index in [1.54, 1.807) is 0 Å². The minimum absolute atomic E-state index is 0.0976. The van der Waals surface area contributed by atoms with Crippen LogP contribution in [-0.4, -0.2) is 19.8 Å². The molecule has 0 fully saturated rings. The second-order valence-corrected chi connectivity index (χ2v) is 6.83. The van der Waals surface area contributed by atoms with E-state index in [0.717, 1.165) is 6.61 Å². The van der Waals surface area contributed by atoms with Crippen LogP contribution >= 0.6 is 0 Å². The quantitative estimate of drug-likeness (QED) is 0.825. The molecule has 0 heterocycles. The molecule has 0 aliphatic heterocycles. The number of benzene rings is 1. The monoisotopic (exact) mass is 277 g/mol. The van der Waals surface area contributed by atoms with Gasteiger partial charge in [-0.15, -0.1) is 0 Å². The number of ether oxygens (including phenoxy) is 1. The highest BCUT2D eigenvalue weighted by atomic mass is 16.5. The fourth-order valence-corrected chi connectivity index (χ4v) is 2.61. The highest BCUT2D eigenvalue weighted by Gasteiger charge is 2.33. The van der Waals surface area contributed by atoms with Gasteiger partial charge in [-0.2, -0.15) is 0 Å². The Balaban J connectivity index is 3.03. The van der Waals surface area contributed by atoms with E-state index in [0.29, 0.717) is 5.92 Å². The lowest BCUT2D eigenvalue weighted by Crippen LogP contribution is -2.41. The maximum absolute atomic E-state index is 6.03. The fraction of sp³-hybridized carbons (Fsp3) is 0.667. The third kappa shape index (κ3) is 4.32. The summed E-state index contributed by atoms with van der Waals surface area (Å²) >= 11 is 0. The summed E-state index contributed by atoms with van der Waals surface area (Å²) in [5.74, 6) is 0.572.